The van der Waals surface area contributed by atoms with E-state index in [-0.39, 0.29) is 7.43 Å². The van der Waals surface area contributed by atoms with Gasteiger partial charge in [-0.25, -0.2) is 0 Å². The molecule has 1 saturated carbocycles. The Morgan fingerprint density at radius 1 is 1.04 bits per heavy atom. The topological polar surface area (TPSA) is 14.1 Å². The van der Waals surface area contributed by atoms with Gasteiger partial charge in [0.25, 0.3) is 0 Å². The van der Waals surface area contributed by atoms with Crippen molar-refractivity contribution in [1.82, 2.24) is 0 Å². The van der Waals surface area contributed by atoms with E-state index in [9.17, 15) is 0 Å². The number of aryl methyl sites for hydroxylation is 1. The minimum absolute atomic E-state index is 0. The van der Waals surface area contributed by atoms with Gasteiger partial charge in [-0.3, -0.25) is 0 Å². The number of benzene rings is 1. The van der Waals surface area contributed by atoms with Crippen LogP contribution < -0.4 is 0 Å². The first-order valence-corrected chi connectivity index (χ1v) is 21.0. The van der Waals surface area contributed by atoms with Crippen molar-refractivity contribution in [3.8, 4) is 0 Å². The third kappa shape index (κ3) is 6.12. The molecule has 2 aliphatic carbocycles. The molecule has 28 heavy (non-hydrogen) atoms. The molecule has 3 atom stereocenters. The Labute approximate surface area is 191 Å². The third-order valence-corrected chi connectivity index (χ3v) is 22.8. The molecule has 0 spiro atoms. The predicted molar refractivity (Wildman–Crippen MR) is 130 cm³/mol. The Balaban J connectivity index is 0.000000921. The van der Waals surface area contributed by atoms with Gasteiger partial charge in [0, 0.05) is 0 Å². The van der Waals surface area contributed by atoms with Crippen molar-refractivity contribution in [3.63, 3.8) is 0 Å². The summed E-state index contributed by atoms with van der Waals surface area (Å²) in [6, 6.07) is 8.78. The summed E-state index contributed by atoms with van der Waals surface area (Å²) in [5, 5.41) is 1.80. The van der Waals surface area contributed by atoms with Crippen molar-refractivity contribution in [1.29, 1.82) is 0 Å². The van der Waals surface area contributed by atoms with Crippen molar-refractivity contribution in [2.45, 2.75) is 52.9 Å². The van der Waals surface area contributed by atoms with Gasteiger partial charge in [-0.15, -0.1) is 5.69 Å². The summed E-state index contributed by atoms with van der Waals surface area (Å²) >= 11 is -0.556. The fraction of sp³-hybridized carbons (Fsp3) is 0.500. The molecule has 1 fully saturated rings. The maximum atomic E-state index is 5.35. The number of hydrogen-bond donors (Lipinski definition) is 0. The molecule has 0 bridgehead atoms. The Bertz CT molecular complexity index is 686. The Kier molecular flexibility index (Phi) is 10.3. The van der Waals surface area contributed by atoms with Crippen molar-refractivity contribution < 1.29 is 17.0 Å². The Morgan fingerprint density at radius 2 is 1.61 bits per heavy atom. The van der Waals surface area contributed by atoms with Crippen molar-refractivity contribution in [2.24, 2.45) is 17.8 Å². The van der Waals surface area contributed by atoms with Crippen LogP contribution >= 0.6 is 18.6 Å². The fourth-order valence-corrected chi connectivity index (χ4v) is 12.1. The first-order chi connectivity index (χ1) is 12.6. The quantitative estimate of drug-likeness (QED) is 0.298. The molecule has 0 aliphatic heterocycles. The van der Waals surface area contributed by atoms with Gasteiger partial charge in [0.15, 0.2) is 0 Å². The van der Waals surface area contributed by atoms with E-state index < -0.39 is 32.4 Å². The van der Waals surface area contributed by atoms with Crippen LogP contribution in [0.4, 0.5) is 5.69 Å². The zero-order valence-electron chi connectivity index (χ0n) is 18.4. The molecule has 0 N–H and O–H groups in total. The second-order valence-corrected chi connectivity index (χ2v) is 26.2. The van der Waals surface area contributed by atoms with Gasteiger partial charge in [0.05, 0.1) is 7.59 Å². The molecule has 0 saturated heterocycles. The van der Waals surface area contributed by atoms with Crippen LogP contribution in [0.25, 0.3) is 4.98 Å². The predicted octanol–water partition coefficient (Wildman–Crippen LogP) is 8.52. The standard InChI is InChI=1S/C21H32NSi2.CH3.2ClH.Ti/c1-16-10-12-19(13-11-16)22-24(5,6)23(3,4)21-9-7-8-18-14-17(2)15-20(18)21;;;;/h7-13,17-18,20H,14-15H2,1-6H3;1H3;2*1H;/q2*-1;;;+2/p-2. The van der Waals surface area contributed by atoms with Crippen LogP contribution in [0.15, 0.2) is 47.7 Å². The van der Waals surface area contributed by atoms with E-state index in [0.29, 0.717) is 0 Å². The number of nitrogens with zero attached hydrogens (tertiary/aromatic N) is 1. The molecule has 1 nitrogen and oxygen atoms in total. The molecule has 2 aliphatic rings. The summed E-state index contributed by atoms with van der Waals surface area (Å²) in [5.74, 6) is 2.46. The third-order valence-electron chi connectivity index (χ3n) is 6.57. The molecule has 1 aromatic carbocycles. The minimum atomic E-state index is -1.70. The number of hydrogen-bond acceptors (Lipinski definition) is 0. The summed E-state index contributed by atoms with van der Waals surface area (Å²) < 4.78 is 0. The number of allylic oxidation sites excluding steroid dienone is 4. The van der Waals surface area contributed by atoms with Gasteiger partial charge in [0.2, 0.25) is 0 Å². The van der Waals surface area contributed by atoms with Crippen molar-refractivity contribution in [2.75, 3.05) is 0 Å². The first-order valence-electron chi connectivity index (χ1n) is 9.77. The fourth-order valence-electron chi connectivity index (χ4n) is 4.44. The second kappa shape index (κ2) is 11.0. The SMILES string of the molecule is Cc1ccc([N-][Si](C)(C)[Si](C)(C)C2=CC=CC3CC(C)CC23)cc1.[CH3-].[Cl][Ti][Cl]. The molecule has 156 valence electrons. The van der Waals surface area contributed by atoms with E-state index in [1.54, 1.807) is 5.20 Å². The number of fused-ring (bicyclic) bond motifs is 1. The second-order valence-electron chi connectivity index (χ2n) is 9.06. The zero-order valence-corrected chi connectivity index (χ0v) is 23.5. The molecule has 1 aromatic rings. The number of rotatable bonds is 4. The molecule has 0 amide bonds. The van der Waals surface area contributed by atoms with E-state index in [0.717, 1.165) is 17.8 Å². The van der Waals surface area contributed by atoms with Crippen LogP contribution in [0.2, 0.25) is 26.2 Å². The first kappa shape index (κ1) is 26.3. The summed E-state index contributed by atoms with van der Waals surface area (Å²) in [4.78, 5) is 5.35. The van der Waals surface area contributed by atoms with Crippen LogP contribution in [0.5, 0.6) is 0 Å². The van der Waals surface area contributed by atoms with E-state index in [4.69, 9.17) is 23.6 Å². The van der Waals surface area contributed by atoms with Gasteiger partial charge in [-0.05, 0) is 45.3 Å². The van der Waals surface area contributed by atoms with Gasteiger partial charge in [-0.2, -0.15) is 0 Å². The summed E-state index contributed by atoms with van der Waals surface area (Å²) in [6.45, 7) is 14.7. The normalized spacial score (nSPS) is 23.6. The van der Waals surface area contributed by atoms with Gasteiger partial charge >= 0.3 is 35.6 Å². The van der Waals surface area contributed by atoms with E-state index in [2.05, 4.69) is 82.5 Å². The average molecular weight is 488 g/mol. The Morgan fingerprint density at radius 3 is 2.18 bits per heavy atom. The Hall–Kier alpha value is 0.228. The molecule has 3 rings (SSSR count). The summed E-state index contributed by atoms with van der Waals surface area (Å²) in [5.41, 5.74) is 2.49. The average Bonchev–Trinajstić information content (AvgIpc) is 2.97. The van der Waals surface area contributed by atoms with E-state index in [1.165, 1.54) is 24.1 Å². The zero-order chi connectivity index (χ0) is 20.2. The van der Waals surface area contributed by atoms with Gasteiger partial charge in [0.1, 0.15) is 0 Å². The van der Waals surface area contributed by atoms with Crippen molar-refractivity contribution >= 4 is 39.6 Å². The molecular weight excluding hydrogens is 453 g/mol. The molecular formula is C22H35Cl2NSi2Ti-2. The van der Waals surface area contributed by atoms with Gasteiger partial charge in [-0.1, -0.05) is 86.4 Å². The molecule has 0 heterocycles. The van der Waals surface area contributed by atoms with E-state index in [1.807, 2.05) is 0 Å². The summed E-state index contributed by atoms with van der Waals surface area (Å²) in [6.07, 6.45) is 10.0. The monoisotopic (exact) mass is 487 g/mol. The van der Waals surface area contributed by atoms with Gasteiger partial charge < -0.3 is 12.4 Å². The van der Waals surface area contributed by atoms with Crippen molar-refractivity contribution in [3.05, 3.63) is 65.7 Å². The summed E-state index contributed by atoms with van der Waals surface area (Å²) in [7, 11) is 6.52. The van der Waals surface area contributed by atoms with Crippen LogP contribution in [-0.2, 0) is 17.0 Å². The molecule has 3 unspecified atom stereocenters. The molecule has 0 aromatic heterocycles. The van der Waals surface area contributed by atoms with E-state index >= 15 is 0 Å². The van der Waals surface area contributed by atoms with Crippen LogP contribution in [0.3, 0.4) is 0 Å². The maximum absolute atomic E-state index is 5.35. The van der Waals surface area contributed by atoms with Crippen LogP contribution in [0, 0.1) is 32.1 Å². The van der Waals surface area contributed by atoms with Crippen LogP contribution in [0.1, 0.15) is 25.3 Å². The molecule has 0 radical (unpaired) electrons. The van der Waals surface area contributed by atoms with Crippen LogP contribution in [-0.4, -0.2) is 15.3 Å². The molecule has 6 heteroatoms. The number of halogens is 2.